The maximum absolute atomic E-state index is 5.48. The zero-order valence-electron chi connectivity index (χ0n) is 12.7. The van der Waals surface area contributed by atoms with E-state index in [-0.39, 0.29) is 5.41 Å². The first-order valence-corrected chi connectivity index (χ1v) is 7.75. The standard InChI is InChI=1S/C16H26BrNO/c1-6-16(4,11-18-12(2)3)10-13-9-14(17)7-8-15(13)19-5/h7-9,12,18H,6,10-11H2,1-5H3. The third-order valence-corrected chi connectivity index (χ3v) is 4.14. The van der Waals surface area contributed by atoms with Crippen molar-refractivity contribution >= 4 is 15.9 Å². The van der Waals surface area contributed by atoms with Gasteiger partial charge in [0, 0.05) is 17.1 Å². The lowest BCUT2D eigenvalue weighted by atomic mass is 9.80. The van der Waals surface area contributed by atoms with E-state index in [1.165, 1.54) is 5.56 Å². The molecule has 3 heteroatoms. The quantitative estimate of drug-likeness (QED) is 0.800. The second-order valence-corrected chi connectivity index (χ2v) is 6.75. The molecule has 2 nitrogen and oxygen atoms in total. The number of nitrogens with one attached hydrogen (secondary N) is 1. The highest BCUT2D eigenvalue weighted by Gasteiger charge is 2.24. The Morgan fingerprint density at radius 3 is 2.58 bits per heavy atom. The third kappa shape index (κ3) is 5.15. The van der Waals surface area contributed by atoms with Crippen LogP contribution in [0.4, 0.5) is 0 Å². The third-order valence-electron chi connectivity index (χ3n) is 3.65. The van der Waals surface area contributed by atoms with E-state index in [0.29, 0.717) is 6.04 Å². The van der Waals surface area contributed by atoms with Crippen LogP contribution in [-0.2, 0) is 6.42 Å². The molecule has 108 valence electrons. The van der Waals surface area contributed by atoms with Gasteiger partial charge in [-0.2, -0.15) is 0 Å². The largest absolute Gasteiger partial charge is 0.496 e. The number of benzene rings is 1. The first-order chi connectivity index (χ1) is 8.90. The fourth-order valence-corrected chi connectivity index (χ4v) is 2.52. The van der Waals surface area contributed by atoms with Gasteiger partial charge in [-0.05, 0) is 42.0 Å². The van der Waals surface area contributed by atoms with Gasteiger partial charge in [0.1, 0.15) is 5.75 Å². The minimum absolute atomic E-state index is 0.248. The molecule has 0 aromatic heterocycles. The number of ether oxygens (including phenoxy) is 1. The van der Waals surface area contributed by atoms with E-state index in [2.05, 4.69) is 55.0 Å². The summed E-state index contributed by atoms with van der Waals surface area (Å²) >= 11 is 3.55. The fraction of sp³-hybridized carbons (Fsp3) is 0.625. The van der Waals surface area contributed by atoms with Crippen LogP contribution < -0.4 is 10.1 Å². The molecule has 0 spiro atoms. The molecular formula is C16H26BrNO. The summed E-state index contributed by atoms with van der Waals surface area (Å²) < 4.78 is 6.58. The number of hydrogen-bond donors (Lipinski definition) is 1. The second-order valence-electron chi connectivity index (χ2n) is 5.83. The Balaban J connectivity index is 2.87. The van der Waals surface area contributed by atoms with Crippen LogP contribution in [0, 0.1) is 5.41 Å². The first-order valence-electron chi connectivity index (χ1n) is 6.96. The van der Waals surface area contributed by atoms with E-state index in [4.69, 9.17) is 4.74 Å². The van der Waals surface area contributed by atoms with Gasteiger partial charge in [-0.15, -0.1) is 0 Å². The number of methoxy groups -OCH3 is 1. The van der Waals surface area contributed by atoms with Gasteiger partial charge < -0.3 is 10.1 Å². The van der Waals surface area contributed by atoms with Crippen molar-refractivity contribution in [1.82, 2.24) is 5.32 Å². The molecular weight excluding hydrogens is 302 g/mol. The summed E-state index contributed by atoms with van der Waals surface area (Å²) in [5, 5.41) is 3.56. The molecule has 1 rings (SSSR count). The molecule has 1 aromatic carbocycles. The van der Waals surface area contributed by atoms with Crippen LogP contribution >= 0.6 is 15.9 Å². The highest BCUT2D eigenvalue weighted by Crippen LogP contribution is 2.32. The molecule has 0 amide bonds. The first kappa shape index (κ1) is 16.5. The molecule has 1 aromatic rings. The maximum Gasteiger partial charge on any atom is 0.122 e. The Morgan fingerprint density at radius 1 is 1.37 bits per heavy atom. The predicted molar refractivity (Wildman–Crippen MR) is 85.9 cm³/mol. The molecule has 0 radical (unpaired) electrons. The van der Waals surface area contributed by atoms with Crippen molar-refractivity contribution in [2.24, 2.45) is 5.41 Å². The SMILES string of the molecule is CCC(C)(CNC(C)C)Cc1cc(Br)ccc1OC. The Hall–Kier alpha value is -0.540. The Bertz CT molecular complexity index is 406. The van der Waals surface area contributed by atoms with Crippen molar-refractivity contribution in [3.05, 3.63) is 28.2 Å². The van der Waals surface area contributed by atoms with Crippen LogP contribution in [0.3, 0.4) is 0 Å². The highest BCUT2D eigenvalue weighted by molar-refractivity contribution is 9.10. The molecule has 0 heterocycles. The van der Waals surface area contributed by atoms with Crippen molar-refractivity contribution < 1.29 is 4.74 Å². The van der Waals surface area contributed by atoms with E-state index in [9.17, 15) is 0 Å². The Morgan fingerprint density at radius 2 is 2.05 bits per heavy atom. The molecule has 1 atom stereocenters. The van der Waals surface area contributed by atoms with Crippen molar-refractivity contribution in [2.75, 3.05) is 13.7 Å². The van der Waals surface area contributed by atoms with Crippen molar-refractivity contribution in [2.45, 2.75) is 46.6 Å². The summed E-state index contributed by atoms with van der Waals surface area (Å²) in [6.07, 6.45) is 2.16. The minimum atomic E-state index is 0.248. The average molecular weight is 328 g/mol. The monoisotopic (exact) mass is 327 g/mol. The molecule has 0 bridgehead atoms. The number of halogens is 1. The van der Waals surface area contributed by atoms with Gasteiger partial charge in [-0.25, -0.2) is 0 Å². The van der Waals surface area contributed by atoms with Gasteiger partial charge in [0.25, 0.3) is 0 Å². The maximum atomic E-state index is 5.48. The van der Waals surface area contributed by atoms with Gasteiger partial charge in [0.05, 0.1) is 7.11 Å². The van der Waals surface area contributed by atoms with E-state index in [0.717, 1.165) is 29.6 Å². The summed E-state index contributed by atoms with van der Waals surface area (Å²) in [6.45, 7) is 10.00. The summed E-state index contributed by atoms with van der Waals surface area (Å²) in [5.41, 5.74) is 1.52. The molecule has 0 saturated heterocycles. The van der Waals surface area contributed by atoms with Crippen LogP contribution in [0.1, 0.15) is 39.7 Å². The molecule has 0 saturated carbocycles. The van der Waals surface area contributed by atoms with E-state index in [1.807, 2.05) is 12.1 Å². The number of rotatable bonds is 7. The highest BCUT2D eigenvalue weighted by atomic mass is 79.9. The normalized spacial score (nSPS) is 14.5. The number of hydrogen-bond acceptors (Lipinski definition) is 2. The van der Waals surface area contributed by atoms with Gasteiger partial charge in [0.2, 0.25) is 0 Å². The van der Waals surface area contributed by atoms with Crippen LogP contribution in [0.15, 0.2) is 22.7 Å². The van der Waals surface area contributed by atoms with Crippen LogP contribution in [0.5, 0.6) is 5.75 Å². The van der Waals surface area contributed by atoms with Crippen molar-refractivity contribution in [3.8, 4) is 5.75 Å². The Kier molecular flexibility index (Phi) is 6.34. The van der Waals surface area contributed by atoms with Crippen molar-refractivity contribution in [1.29, 1.82) is 0 Å². The zero-order chi connectivity index (χ0) is 14.5. The smallest absolute Gasteiger partial charge is 0.122 e. The molecule has 19 heavy (non-hydrogen) atoms. The van der Waals surface area contributed by atoms with E-state index in [1.54, 1.807) is 7.11 Å². The molecule has 0 aliphatic carbocycles. The molecule has 1 N–H and O–H groups in total. The van der Waals surface area contributed by atoms with Gasteiger partial charge >= 0.3 is 0 Å². The molecule has 0 fully saturated rings. The average Bonchev–Trinajstić information content (AvgIpc) is 2.37. The lowest BCUT2D eigenvalue weighted by molar-refractivity contribution is 0.277. The Labute approximate surface area is 126 Å². The van der Waals surface area contributed by atoms with Gasteiger partial charge in [-0.1, -0.05) is 43.6 Å². The minimum Gasteiger partial charge on any atom is -0.496 e. The van der Waals surface area contributed by atoms with Crippen molar-refractivity contribution in [3.63, 3.8) is 0 Å². The van der Waals surface area contributed by atoms with E-state index < -0.39 is 0 Å². The molecule has 1 unspecified atom stereocenters. The van der Waals surface area contributed by atoms with Crippen LogP contribution in [-0.4, -0.2) is 19.7 Å². The lowest BCUT2D eigenvalue weighted by Crippen LogP contribution is -2.36. The van der Waals surface area contributed by atoms with E-state index >= 15 is 0 Å². The van der Waals surface area contributed by atoms with Crippen LogP contribution in [0.2, 0.25) is 0 Å². The van der Waals surface area contributed by atoms with Gasteiger partial charge in [0.15, 0.2) is 0 Å². The molecule has 0 aliphatic rings. The van der Waals surface area contributed by atoms with Gasteiger partial charge in [-0.3, -0.25) is 0 Å². The summed E-state index contributed by atoms with van der Waals surface area (Å²) in [7, 11) is 1.74. The zero-order valence-corrected chi connectivity index (χ0v) is 14.3. The fourth-order valence-electron chi connectivity index (χ4n) is 2.11. The summed E-state index contributed by atoms with van der Waals surface area (Å²) in [5.74, 6) is 0.979. The topological polar surface area (TPSA) is 21.3 Å². The molecule has 0 aliphatic heterocycles. The predicted octanol–water partition coefficient (Wildman–Crippen LogP) is 4.41. The van der Waals surface area contributed by atoms with Crippen LogP contribution in [0.25, 0.3) is 0 Å². The summed E-state index contributed by atoms with van der Waals surface area (Å²) in [4.78, 5) is 0. The lowest BCUT2D eigenvalue weighted by Gasteiger charge is -2.30. The second kappa shape index (κ2) is 7.30. The summed E-state index contributed by atoms with van der Waals surface area (Å²) in [6, 6.07) is 6.75.